The van der Waals surface area contributed by atoms with Gasteiger partial charge in [0, 0.05) is 5.56 Å². The lowest BCUT2D eigenvalue weighted by Gasteiger charge is -2.38. The first-order valence-electron chi connectivity index (χ1n) is 10.8. The summed E-state index contributed by atoms with van der Waals surface area (Å²) in [7, 11) is 0. The van der Waals surface area contributed by atoms with Crippen LogP contribution in [0, 0.1) is 20.8 Å². The molecule has 0 aliphatic carbocycles. The molecule has 0 amide bonds. The van der Waals surface area contributed by atoms with Crippen LogP contribution in [0.4, 0.5) is 5.69 Å². The highest BCUT2D eigenvalue weighted by Gasteiger charge is 2.34. The number of ether oxygens (including phenoxy) is 2. The molecule has 1 unspecified atom stereocenters. The van der Waals surface area contributed by atoms with Crippen LogP contribution >= 0.6 is 0 Å². The largest absolute Gasteiger partial charge is 0.507 e. The molecular formula is C24H34N4O3. The number of benzene rings is 2. The number of nitrogens with two attached hydrogens (primary N) is 2. The topological polar surface area (TPSA) is 115 Å². The van der Waals surface area contributed by atoms with Crippen molar-refractivity contribution >= 4 is 11.6 Å². The van der Waals surface area contributed by atoms with Crippen LogP contribution in [0.5, 0.6) is 17.2 Å². The number of fused-ring (bicyclic) bond motifs is 1. The third-order valence-corrected chi connectivity index (χ3v) is 6.20. The third-order valence-electron chi connectivity index (χ3n) is 6.20. The zero-order valence-electron chi connectivity index (χ0n) is 18.9. The summed E-state index contributed by atoms with van der Waals surface area (Å²) in [6.45, 7) is 8.80. The van der Waals surface area contributed by atoms with E-state index in [2.05, 4.69) is 17.3 Å². The maximum absolute atomic E-state index is 10.3. The number of unbranched alkanes of at least 4 members (excludes halogenated alkanes) is 1. The van der Waals surface area contributed by atoms with Gasteiger partial charge in [-0.3, -0.25) is 5.43 Å². The van der Waals surface area contributed by atoms with Gasteiger partial charge in [0.25, 0.3) is 0 Å². The summed E-state index contributed by atoms with van der Waals surface area (Å²) in [6, 6.07) is 7.40. The van der Waals surface area contributed by atoms with Crippen molar-refractivity contribution in [2.75, 3.05) is 6.61 Å². The molecule has 6 N–H and O–H groups in total. The summed E-state index contributed by atoms with van der Waals surface area (Å²) in [5.74, 6) is 7.53. The van der Waals surface area contributed by atoms with E-state index in [0.717, 1.165) is 65.9 Å². The Morgan fingerprint density at radius 1 is 1.16 bits per heavy atom. The third kappa shape index (κ3) is 5.22. The first-order chi connectivity index (χ1) is 14.7. The van der Waals surface area contributed by atoms with E-state index in [1.165, 1.54) is 0 Å². The van der Waals surface area contributed by atoms with Crippen LogP contribution in [0.2, 0.25) is 0 Å². The summed E-state index contributed by atoms with van der Waals surface area (Å²) in [6.07, 6.45) is 4.81. The van der Waals surface area contributed by atoms with Crippen LogP contribution < -0.4 is 26.5 Å². The molecule has 31 heavy (non-hydrogen) atoms. The number of phenolic OH excluding ortho intramolecular Hbond substituents is 1. The molecule has 2 aromatic rings. The summed E-state index contributed by atoms with van der Waals surface area (Å²) in [4.78, 5) is 4.10. The fraction of sp³-hybridized carbons (Fsp3) is 0.458. The minimum absolute atomic E-state index is 0.159. The van der Waals surface area contributed by atoms with Crippen molar-refractivity contribution in [3.63, 3.8) is 0 Å². The number of hydrogen-bond acceptors (Lipinski definition) is 5. The van der Waals surface area contributed by atoms with Gasteiger partial charge < -0.3 is 20.3 Å². The molecule has 3 rings (SSSR count). The van der Waals surface area contributed by atoms with Crippen molar-refractivity contribution < 1.29 is 14.6 Å². The van der Waals surface area contributed by atoms with Gasteiger partial charge in [0.2, 0.25) is 5.96 Å². The molecule has 1 aliphatic rings. The number of guanidine groups is 1. The van der Waals surface area contributed by atoms with Gasteiger partial charge >= 0.3 is 0 Å². The minimum Gasteiger partial charge on any atom is -0.507 e. The van der Waals surface area contributed by atoms with Crippen molar-refractivity contribution in [1.29, 1.82) is 0 Å². The van der Waals surface area contributed by atoms with E-state index in [-0.39, 0.29) is 11.6 Å². The van der Waals surface area contributed by atoms with Crippen LogP contribution in [-0.2, 0) is 6.42 Å². The highest BCUT2D eigenvalue weighted by molar-refractivity contribution is 5.80. The van der Waals surface area contributed by atoms with Gasteiger partial charge in [-0.25, -0.2) is 10.8 Å². The SMILES string of the molecule is Cc1c(C)c2c(c(C)c1O)CCC(C)(CCCCOc1ccc(N=C(N)NN)cc1)O2. The van der Waals surface area contributed by atoms with E-state index in [9.17, 15) is 5.11 Å². The van der Waals surface area contributed by atoms with Crippen molar-refractivity contribution in [3.05, 3.63) is 46.5 Å². The molecule has 1 atom stereocenters. The Hall–Kier alpha value is -2.93. The van der Waals surface area contributed by atoms with Gasteiger partial charge in [-0.15, -0.1) is 0 Å². The molecule has 0 saturated heterocycles. The van der Waals surface area contributed by atoms with Crippen molar-refractivity contribution in [2.24, 2.45) is 16.6 Å². The molecule has 7 heteroatoms. The van der Waals surface area contributed by atoms with E-state index < -0.39 is 0 Å². The van der Waals surface area contributed by atoms with Crippen LogP contribution in [0.3, 0.4) is 0 Å². The smallest absolute Gasteiger partial charge is 0.208 e. The van der Waals surface area contributed by atoms with Gasteiger partial charge in [-0.1, -0.05) is 0 Å². The summed E-state index contributed by atoms with van der Waals surface area (Å²) in [5.41, 5.74) is 12.4. The molecule has 0 radical (unpaired) electrons. The Kier molecular flexibility index (Phi) is 6.95. The highest BCUT2D eigenvalue weighted by Crippen LogP contribution is 2.44. The quantitative estimate of drug-likeness (QED) is 0.174. The second-order valence-electron chi connectivity index (χ2n) is 8.52. The number of aromatic hydroxyl groups is 1. The molecule has 0 bridgehead atoms. The van der Waals surface area contributed by atoms with Crippen molar-refractivity contribution in [1.82, 2.24) is 5.43 Å². The molecule has 7 nitrogen and oxygen atoms in total. The molecule has 168 valence electrons. The Balaban J connectivity index is 1.49. The second kappa shape index (κ2) is 9.47. The molecule has 2 aromatic carbocycles. The average molecular weight is 427 g/mol. The Morgan fingerprint density at radius 2 is 1.87 bits per heavy atom. The average Bonchev–Trinajstić information content (AvgIpc) is 2.77. The van der Waals surface area contributed by atoms with Gasteiger partial charge in [-0.05, 0) is 101 Å². The number of rotatable bonds is 7. The van der Waals surface area contributed by atoms with Gasteiger partial charge in [0.05, 0.1) is 12.3 Å². The van der Waals surface area contributed by atoms with E-state index in [0.29, 0.717) is 18.0 Å². The maximum atomic E-state index is 10.3. The van der Waals surface area contributed by atoms with Gasteiger partial charge in [0.15, 0.2) is 0 Å². The van der Waals surface area contributed by atoms with Crippen LogP contribution in [0.1, 0.15) is 54.9 Å². The number of aliphatic imine (C=N–C) groups is 1. The van der Waals surface area contributed by atoms with Gasteiger partial charge in [0.1, 0.15) is 22.8 Å². The first-order valence-corrected chi connectivity index (χ1v) is 10.8. The van der Waals surface area contributed by atoms with E-state index >= 15 is 0 Å². The normalized spacial score (nSPS) is 18.3. The van der Waals surface area contributed by atoms with E-state index in [1.54, 1.807) is 0 Å². The van der Waals surface area contributed by atoms with E-state index in [4.69, 9.17) is 21.1 Å². The minimum atomic E-state index is -0.190. The fourth-order valence-corrected chi connectivity index (χ4v) is 4.05. The molecule has 0 saturated carbocycles. The number of nitrogens with zero attached hydrogens (tertiary/aromatic N) is 1. The standard InChI is InChI=1S/C24H34N4O3/c1-15-16(2)22-20(17(3)21(15)29)11-13-24(4,31-22)12-5-6-14-30-19-9-7-18(8-10-19)27-23(25)28-26/h7-10,29H,5-6,11-14,26H2,1-4H3,(H3,25,27,28). The predicted octanol–water partition coefficient (Wildman–Crippen LogP) is 4.06. The number of hydrogen-bond donors (Lipinski definition) is 4. The molecule has 0 spiro atoms. The summed E-state index contributed by atoms with van der Waals surface area (Å²) >= 11 is 0. The Labute approximate surface area is 184 Å². The van der Waals surface area contributed by atoms with Crippen molar-refractivity contribution in [3.8, 4) is 17.2 Å². The van der Waals surface area contributed by atoms with Crippen molar-refractivity contribution in [2.45, 2.75) is 65.4 Å². The number of nitrogens with one attached hydrogen (secondary N) is 1. The zero-order valence-corrected chi connectivity index (χ0v) is 18.9. The zero-order chi connectivity index (χ0) is 22.6. The lowest BCUT2D eigenvalue weighted by Crippen LogP contribution is -2.37. The number of phenols is 1. The lowest BCUT2D eigenvalue weighted by atomic mass is 9.85. The predicted molar refractivity (Wildman–Crippen MR) is 124 cm³/mol. The van der Waals surface area contributed by atoms with Crippen LogP contribution in [0.25, 0.3) is 0 Å². The molecule has 1 aliphatic heterocycles. The molecule has 0 aromatic heterocycles. The molecule has 1 heterocycles. The molecular weight excluding hydrogens is 392 g/mol. The molecule has 0 fully saturated rings. The Morgan fingerprint density at radius 3 is 2.55 bits per heavy atom. The summed E-state index contributed by atoms with van der Waals surface area (Å²) < 4.78 is 12.3. The summed E-state index contributed by atoms with van der Waals surface area (Å²) in [5, 5.41) is 10.3. The van der Waals surface area contributed by atoms with Gasteiger partial charge in [-0.2, -0.15) is 0 Å². The van der Waals surface area contributed by atoms with Crippen LogP contribution in [-0.4, -0.2) is 23.3 Å². The second-order valence-corrected chi connectivity index (χ2v) is 8.52. The fourth-order valence-electron chi connectivity index (χ4n) is 4.05. The highest BCUT2D eigenvalue weighted by atomic mass is 16.5. The maximum Gasteiger partial charge on any atom is 0.208 e. The Bertz CT molecular complexity index is 957. The van der Waals surface area contributed by atoms with Crippen LogP contribution in [0.15, 0.2) is 29.3 Å². The lowest BCUT2D eigenvalue weighted by molar-refractivity contribution is 0.0513. The monoisotopic (exact) mass is 426 g/mol. The number of hydrazine groups is 1. The first kappa shape index (κ1) is 22.7. The van der Waals surface area contributed by atoms with E-state index in [1.807, 2.05) is 45.0 Å².